The molecule has 86 valence electrons. The second-order valence-electron chi connectivity index (χ2n) is 3.68. The van der Waals surface area contributed by atoms with Gasteiger partial charge in [0.25, 0.3) is 0 Å². The summed E-state index contributed by atoms with van der Waals surface area (Å²) in [6, 6.07) is 0. The van der Waals surface area contributed by atoms with E-state index in [4.69, 9.17) is 0 Å². The lowest BCUT2D eigenvalue weighted by molar-refractivity contribution is -0.139. The van der Waals surface area contributed by atoms with Crippen molar-refractivity contribution in [2.75, 3.05) is 14.2 Å². The first-order chi connectivity index (χ1) is 6.93. The molecule has 0 aromatic carbocycles. The van der Waals surface area contributed by atoms with Gasteiger partial charge in [0.05, 0.1) is 14.2 Å². The highest BCUT2D eigenvalue weighted by Gasteiger charge is 2.19. The molecule has 0 atom stereocenters. The van der Waals surface area contributed by atoms with Crippen LogP contribution in [-0.4, -0.2) is 26.2 Å². The molecule has 0 fully saturated rings. The molecule has 0 aliphatic heterocycles. The van der Waals surface area contributed by atoms with Gasteiger partial charge in [0.15, 0.2) is 0 Å². The van der Waals surface area contributed by atoms with Crippen molar-refractivity contribution in [3.8, 4) is 0 Å². The molecular formula is C11H18O4. The number of rotatable bonds is 4. The number of carbonyl (C=O) groups is 2. The van der Waals surface area contributed by atoms with Crippen molar-refractivity contribution in [1.82, 2.24) is 0 Å². The van der Waals surface area contributed by atoms with Crippen LogP contribution in [0.15, 0.2) is 11.1 Å². The Labute approximate surface area is 90.2 Å². The van der Waals surface area contributed by atoms with Crippen LogP contribution in [0.2, 0.25) is 0 Å². The number of hydrogen-bond donors (Lipinski definition) is 0. The first-order valence-electron chi connectivity index (χ1n) is 4.80. The lowest BCUT2D eigenvalue weighted by Crippen LogP contribution is -2.14. The summed E-state index contributed by atoms with van der Waals surface area (Å²) in [4.78, 5) is 22.7. The fraction of sp³-hybridized carbons (Fsp3) is 0.636. The molecule has 4 nitrogen and oxygen atoms in total. The molecule has 0 radical (unpaired) electrons. The molecule has 0 aliphatic carbocycles. The molecule has 0 spiro atoms. The molecule has 0 aromatic heterocycles. The first-order valence-corrected chi connectivity index (χ1v) is 4.80. The number of methoxy groups -OCH3 is 2. The van der Waals surface area contributed by atoms with Crippen LogP contribution >= 0.6 is 0 Å². The second kappa shape index (κ2) is 6.22. The van der Waals surface area contributed by atoms with Crippen molar-refractivity contribution < 1.29 is 19.1 Å². The third-order valence-electron chi connectivity index (χ3n) is 1.99. The topological polar surface area (TPSA) is 52.6 Å². The minimum Gasteiger partial charge on any atom is -0.466 e. The SMILES string of the molecule is COC(=O)/C(C)=C(/CC(C)C)C(=O)OC. The average Bonchev–Trinajstić information content (AvgIpc) is 2.22. The van der Waals surface area contributed by atoms with Gasteiger partial charge in [-0.05, 0) is 19.3 Å². The molecule has 0 N–H and O–H groups in total. The molecule has 15 heavy (non-hydrogen) atoms. The van der Waals surface area contributed by atoms with Gasteiger partial charge in [-0.1, -0.05) is 13.8 Å². The molecule has 4 heteroatoms. The smallest absolute Gasteiger partial charge is 0.334 e. The molecule has 0 amide bonds. The summed E-state index contributed by atoms with van der Waals surface area (Å²) in [6.45, 7) is 5.50. The monoisotopic (exact) mass is 214 g/mol. The first kappa shape index (κ1) is 13.7. The van der Waals surface area contributed by atoms with Crippen LogP contribution in [0.3, 0.4) is 0 Å². The van der Waals surface area contributed by atoms with Gasteiger partial charge in [-0.3, -0.25) is 0 Å². The Hall–Kier alpha value is -1.32. The standard InChI is InChI=1S/C11H18O4/c1-7(2)6-9(11(13)15-5)8(3)10(12)14-4/h7H,6H2,1-5H3/b9-8-. The third-order valence-corrected chi connectivity index (χ3v) is 1.99. The summed E-state index contributed by atoms with van der Waals surface area (Å²) in [6.07, 6.45) is 0.508. The van der Waals surface area contributed by atoms with E-state index in [0.29, 0.717) is 17.6 Å². The Morgan fingerprint density at radius 1 is 1.07 bits per heavy atom. The van der Waals surface area contributed by atoms with Gasteiger partial charge in [-0.25, -0.2) is 9.59 Å². The summed E-state index contributed by atoms with van der Waals surface area (Å²) in [5.41, 5.74) is 0.706. The lowest BCUT2D eigenvalue weighted by atomic mass is 9.99. The van der Waals surface area contributed by atoms with Crippen LogP contribution in [0, 0.1) is 5.92 Å². The van der Waals surface area contributed by atoms with E-state index in [9.17, 15) is 9.59 Å². The Morgan fingerprint density at radius 2 is 1.53 bits per heavy atom. The van der Waals surface area contributed by atoms with Gasteiger partial charge >= 0.3 is 11.9 Å². The molecule has 0 saturated carbocycles. The lowest BCUT2D eigenvalue weighted by Gasteiger charge is -2.11. The molecule has 0 bridgehead atoms. The molecule has 0 unspecified atom stereocenters. The van der Waals surface area contributed by atoms with Crippen molar-refractivity contribution in [2.24, 2.45) is 5.92 Å². The molecule has 0 aromatic rings. The quantitative estimate of drug-likeness (QED) is 0.528. The molecular weight excluding hydrogens is 196 g/mol. The zero-order valence-electron chi connectivity index (χ0n) is 9.92. The van der Waals surface area contributed by atoms with Gasteiger partial charge in [-0.2, -0.15) is 0 Å². The van der Waals surface area contributed by atoms with E-state index in [1.807, 2.05) is 13.8 Å². The zero-order chi connectivity index (χ0) is 12.0. The van der Waals surface area contributed by atoms with E-state index in [-0.39, 0.29) is 5.92 Å². The van der Waals surface area contributed by atoms with E-state index >= 15 is 0 Å². The molecule has 0 rings (SSSR count). The predicted molar refractivity (Wildman–Crippen MR) is 56.2 cm³/mol. The Bertz CT molecular complexity index is 276. The molecule has 0 aliphatic rings. The highest BCUT2D eigenvalue weighted by Crippen LogP contribution is 2.17. The van der Waals surface area contributed by atoms with Crippen molar-refractivity contribution in [2.45, 2.75) is 27.2 Å². The van der Waals surface area contributed by atoms with Crippen LogP contribution in [0.4, 0.5) is 0 Å². The van der Waals surface area contributed by atoms with Gasteiger partial charge < -0.3 is 9.47 Å². The van der Waals surface area contributed by atoms with Crippen LogP contribution in [0.1, 0.15) is 27.2 Å². The fourth-order valence-electron chi connectivity index (χ4n) is 1.20. The third kappa shape index (κ3) is 4.14. The predicted octanol–water partition coefficient (Wildman–Crippen LogP) is 1.70. The van der Waals surface area contributed by atoms with Crippen molar-refractivity contribution in [3.63, 3.8) is 0 Å². The highest BCUT2D eigenvalue weighted by molar-refractivity contribution is 5.99. The number of esters is 2. The average molecular weight is 214 g/mol. The molecule has 0 heterocycles. The summed E-state index contributed by atoms with van der Waals surface area (Å²) in [5, 5.41) is 0. The van der Waals surface area contributed by atoms with Gasteiger partial charge in [0, 0.05) is 11.1 Å². The van der Waals surface area contributed by atoms with Crippen molar-refractivity contribution >= 4 is 11.9 Å². The minimum absolute atomic E-state index is 0.277. The fourth-order valence-corrected chi connectivity index (χ4v) is 1.20. The van der Waals surface area contributed by atoms with E-state index < -0.39 is 11.9 Å². The normalized spacial score (nSPS) is 12.1. The van der Waals surface area contributed by atoms with Gasteiger partial charge in [0.2, 0.25) is 0 Å². The van der Waals surface area contributed by atoms with E-state index in [1.165, 1.54) is 14.2 Å². The summed E-state index contributed by atoms with van der Waals surface area (Å²) < 4.78 is 9.19. The largest absolute Gasteiger partial charge is 0.466 e. The number of carbonyl (C=O) groups excluding carboxylic acids is 2. The minimum atomic E-state index is -0.490. The van der Waals surface area contributed by atoms with Crippen LogP contribution in [0.5, 0.6) is 0 Å². The Morgan fingerprint density at radius 3 is 1.87 bits per heavy atom. The Balaban J connectivity index is 5.06. The number of hydrogen-bond acceptors (Lipinski definition) is 4. The van der Waals surface area contributed by atoms with Crippen LogP contribution in [-0.2, 0) is 19.1 Å². The maximum absolute atomic E-state index is 11.4. The maximum Gasteiger partial charge on any atom is 0.334 e. The van der Waals surface area contributed by atoms with E-state index in [2.05, 4.69) is 9.47 Å². The summed E-state index contributed by atoms with van der Waals surface area (Å²) in [5.74, 6) is -0.679. The van der Waals surface area contributed by atoms with Crippen LogP contribution in [0.25, 0.3) is 0 Å². The van der Waals surface area contributed by atoms with E-state index in [0.717, 1.165) is 0 Å². The maximum atomic E-state index is 11.4. The Kier molecular flexibility index (Phi) is 5.67. The highest BCUT2D eigenvalue weighted by atomic mass is 16.5. The van der Waals surface area contributed by atoms with Crippen molar-refractivity contribution in [1.29, 1.82) is 0 Å². The van der Waals surface area contributed by atoms with Gasteiger partial charge in [0.1, 0.15) is 0 Å². The number of ether oxygens (including phenoxy) is 2. The summed E-state index contributed by atoms with van der Waals surface area (Å²) in [7, 11) is 2.59. The van der Waals surface area contributed by atoms with E-state index in [1.54, 1.807) is 6.92 Å². The molecule has 0 saturated heterocycles. The van der Waals surface area contributed by atoms with Crippen molar-refractivity contribution in [3.05, 3.63) is 11.1 Å². The van der Waals surface area contributed by atoms with Gasteiger partial charge in [-0.15, -0.1) is 0 Å². The summed E-state index contributed by atoms with van der Waals surface area (Å²) >= 11 is 0. The second-order valence-corrected chi connectivity index (χ2v) is 3.68. The van der Waals surface area contributed by atoms with Crippen LogP contribution < -0.4 is 0 Å². The zero-order valence-corrected chi connectivity index (χ0v) is 9.92.